The van der Waals surface area contributed by atoms with Crippen molar-refractivity contribution in [3.05, 3.63) is 101 Å². The summed E-state index contributed by atoms with van der Waals surface area (Å²) < 4.78 is 6.02. The number of hydrogen-bond acceptors (Lipinski definition) is 2. The van der Waals surface area contributed by atoms with Crippen LogP contribution in [-0.2, 0) is 4.79 Å². The highest BCUT2D eigenvalue weighted by Crippen LogP contribution is 2.23. The summed E-state index contributed by atoms with van der Waals surface area (Å²) in [5.74, 6) is 0.611. The van der Waals surface area contributed by atoms with E-state index in [0.717, 1.165) is 22.4 Å². The quantitative estimate of drug-likeness (QED) is 0.605. The van der Waals surface area contributed by atoms with Crippen molar-refractivity contribution in [1.29, 1.82) is 0 Å². The SMILES string of the molecule is CC[C@@H](Oc1ccc(C)c(C)c1)C(=O)NC(c1ccccc1)c1ccccc1. The zero-order valence-electron chi connectivity index (χ0n) is 16.7. The molecule has 0 saturated carbocycles. The first kappa shape index (κ1) is 19.7. The minimum absolute atomic E-state index is 0.113. The van der Waals surface area contributed by atoms with E-state index in [1.54, 1.807) is 0 Å². The number of ether oxygens (including phenoxy) is 1. The lowest BCUT2D eigenvalue weighted by Gasteiger charge is -2.24. The van der Waals surface area contributed by atoms with Gasteiger partial charge in [0.2, 0.25) is 0 Å². The van der Waals surface area contributed by atoms with Crippen molar-refractivity contribution in [1.82, 2.24) is 5.32 Å². The van der Waals surface area contributed by atoms with Crippen molar-refractivity contribution < 1.29 is 9.53 Å². The van der Waals surface area contributed by atoms with Gasteiger partial charge in [-0.25, -0.2) is 0 Å². The maximum Gasteiger partial charge on any atom is 0.261 e. The fraction of sp³-hybridized carbons (Fsp3) is 0.240. The van der Waals surface area contributed by atoms with Gasteiger partial charge >= 0.3 is 0 Å². The smallest absolute Gasteiger partial charge is 0.261 e. The van der Waals surface area contributed by atoms with E-state index in [2.05, 4.69) is 12.2 Å². The van der Waals surface area contributed by atoms with Crippen molar-refractivity contribution in [2.45, 2.75) is 39.3 Å². The Hall–Kier alpha value is -3.07. The van der Waals surface area contributed by atoms with E-state index < -0.39 is 6.10 Å². The van der Waals surface area contributed by atoms with Crippen LogP contribution in [0.15, 0.2) is 78.9 Å². The maximum absolute atomic E-state index is 13.1. The fourth-order valence-corrected chi connectivity index (χ4v) is 3.16. The average Bonchev–Trinajstić information content (AvgIpc) is 2.74. The Balaban J connectivity index is 1.80. The molecule has 0 radical (unpaired) electrons. The van der Waals surface area contributed by atoms with Crippen LogP contribution in [0.5, 0.6) is 5.75 Å². The van der Waals surface area contributed by atoms with Crippen LogP contribution in [0.4, 0.5) is 0 Å². The lowest BCUT2D eigenvalue weighted by Crippen LogP contribution is -2.40. The molecule has 3 aromatic carbocycles. The fourth-order valence-electron chi connectivity index (χ4n) is 3.16. The van der Waals surface area contributed by atoms with Crippen molar-refractivity contribution in [3.8, 4) is 5.75 Å². The van der Waals surface area contributed by atoms with E-state index in [9.17, 15) is 4.79 Å². The van der Waals surface area contributed by atoms with Crippen LogP contribution in [0.2, 0.25) is 0 Å². The molecule has 0 heterocycles. The standard InChI is InChI=1S/C25H27NO2/c1-4-23(28-22-16-15-18(2)19(3)17-22)25(27)26-24(20-11-7-5-8-12-20)21-13-9-6-10-14-21/h5-17,23-24H,4H2,1-3H3,(H,26,27)/t23-/m1/s1. The van der Waals surface area contributed by atoms with Gasteiger partial charge in [0.1, 0.15) is 5.75 Å². The number of rotatable bonds is 7. The highest BCUT2D eigenvalue weighted by Gasteiger charge is 2.23. The monoisotopic (exact) mass is 373 g/mol. The van der Waals surface area contributed by atoms with Crippen LogP contribution in [0.1, 0.15) is 41.6 Å². The number of amides is 1. The molecule has 144 valence electrons. The largest absolute Gasteiger partial charge is 0.481 e. The lowest BCUT2D eigenvalue weighted by molar-refractivity contribution is -0.128. The van der Waals surface area contributed by atoms with Crippen LogP contribution >= 0.6 is 0 Å². The Morgan fingerprint density at radius 3 is 1.93 bits per heavy atom. The van der Waals surface area contributed by atoms with Gasteiger partial charge < -0.3 is 10.1 Å². The molecule has 3 nitrogen and oxygen atoms in total. The third-order valence-electron chi connectivity index (χ3n) is 4.97. The molecule has 0 aromatic heterocycles. The number of carbonyl (C=O) groups excluding carboxylic acids is 1. The van der Waals surface area contributed by atoms with Crippen molar-refractivity contribution in [2.24, 2.45) is 0 Å². The molecule has 0 fully saturated rings. The highest BCUT2D eigenvalue weighted by atomic mass is 16.5. The van der Waals surface area contributed by atoms with Crippen LogP contribution in [0, 0.1) is 13.8 Å². The number of hydrogen-bond donors (Lipinski definition) is 1. The van der Waals surface area contributed by atoms with Crippen LogP contribution in [-0.4, -0.2) is 12.0 Å². The number of nitrogens with one attached hydrogen (secondary N) is 1. The maximum atomic E-state index is 13.1. The number of carbonyl (C=O) groups is 1. The Bertz CT molecular complexity index is 867. The molecule has 0 aliphatic carbocycles. The topological polar surface area (TPSA) is 38.3 Å². The predicted molar refractivity (Wildman–Crippen MR) is 113 cm³/mol. The van der Waals surface area contributed by atoms with Gasteiger partial charge in [-0.1, -0.05) is 73.7 Å². The van der Waals surface area contributed by atoms with E-state index in [-0.39, 0.29) is 11.9 Å². The Kier molecular flexibility index (Phi) is 6.49. The molecule has 0 aliphatic heterocycles. The van der Waals surface area contributed by atoms with Crippen LogP contribution < -0.4 is 10.1 Å². The molecule has 1 atom stereocenters. The van der Waals surface area contributed by atoms with Gasteiger partial charge in [0.05, 0.1) is 6.04 Å². The minimum atomic E-state index is -0.544. The van der Waals surface area contributed by atoms with Gasteiger partial charge in [-0.05, 0) is 54.7 Å². The molecule has 3 aromatic rings. The summed E-state index contributed by atoms with van der Waals surface area (Å²) in [6.07, 6.45) is 0.0479. The Labute approximate surface area is 167 Å². The first-order valence-corrected chi connectivity index (χ1v) is 9.72. The molecule has 1 amide bonds. The minimum Gasteiger partial charge on any atom is -0.481 e. The summed E-state index contributed by atoms with van der Waals surface area (Å²) in [4.78, 5) is 13.1. The zero-order valence-corrected chi connectivity index (χ0v) is 16.7. The molecule has 3 rings (SSSR count). The molecule has 0 saturated heterocycles. The second-order valence-corrected chi connectivity index (χ2v) is 7.02. The summed E-state index contributed by atoms with van der Waals surface area (Å²) >= 11 is 0. The van der Waals surface area contributed by atoms with Gasteiger partial charge in [0, 0.05) is 0 Å². The zero-order chi connectivity index (χ0) is 19.9. The molecule has 1 N–H and O–H groups in total. The first-order valence-electron chi connectivity index (χ1n) is 9.72. The normalized spacial score (nSPS) is 11.9. The van der Waals surface area contributed by atoms with E-state index in [1.165, 1.54) is 5.56 Å². The predicted octanol–water partition coefficient (Wildman–Crippen LogP) is 5.37. The lowest BCUT2D eigenvalue weighted by atomic mass is 9.98. The molecule has 28 heavy (non-hydrogen) atoms. The van der Waals surface area contributed by atoms with Crippen LogP contribution in [0.3, 0.4) is 0 Å². The average molecular weight is 373 g/mol. The van der Waals surface area contributed by atoms with E-state index in [1.807, 2.05) is 92.7 Å². The third kappa shape index (κ3) is 4.80. The van der Waals surface area contributed by atoms with Crippen molar-refractivity contribution >= 4 is 5.91 Å². The van der Waals surface area contributed by atoms with E-state index in [0.29, 0.717) is 6.42 Å². The van der Waals surface area contributed by atoms with Gasteiger partial charge in [0.25, 0.3) is 5.91 Å². The third-order valence-corrected chi connectivity index (χ3v) is 4.97. The Morgan fingerprint density at radius 2 is 1.43 bits per heavy atom. The summed E-state index contributed by atoms with van der Waals surface area (Å²) in [5.41, 5.74) is 4.45. The molecular weight excluding hydrogens is 346 g/mol. The van der Waals surface area contributed by atoms with Crippen molar-refractivity contribution in [3.63, 3.8) is 0 Å². The molecular formula is C25H27NO2. The first-order chi connectivity index (χ1) is 13.6. The molecule has 0 spiro atoms. The summed E-state index contributed by atoms with van der Waals surface area (Å²) in [6.45, 7) is 6.07. The molecule has 0 bridgehead atoms. The van der Waals surface area contributed by atoms with Crippen molar-refractivity contribution in [2.75, 3.05) is 0 Å². The van der Waals surface area contributed by atoms with E-state index >= 15 is 0 Å². The second kappa shape index (κ2) is 9.23. The number of aryl methyl sites for hydroxylation is 2. The van der Waals surface area contributed by atoms with Gasteiger partial charge in [-0.2, -0.15) is 0 Å². The van der Waals surface area contributed by atoms with Gasteiger partial charge in [-0.3, -0.25) is 4.79 Å². The molecule has 3 heteroatoms. The van der Waals surface area contributed by atoms with E-state index in [4.69, 9.17) is 4.74 Å². The molecule has 0 aliphatic rings. The van der Waals surface area contributed by atoms with Gasteiger partial charge in [-0.15, -0.1) is 0 Å². The van der Waals surface area contributed by atoms with Crippen LogP contribution in [0.25, 0.3) is 0 Å². The summed E-state index contributed by atoms with van der Waals surface area (Å²) in [7, 11) is 0. The highest BCUT2D eigenvalue weighted by molar-refractivity contribution is 5.82. The Morgan fingerprint density at radius 1 is 0.857 bits per heavy atom. The summed E-state index contributed by atoms with van der Waals surface area (Å²) in [6, 6.07) is 25.7. The van der Waals surface area contributed by atoms with Gasteiger partial charge in [0.15, 0.2) is 6.10 Å². The number of benzene rings is 3. The second-order valence-electron chi connectivity index (χ2n) is 7.02. The summed E-state index contributed by atoms with van der Waals surface area (Å²) in [5, 5.41) is 3.18. The molecule has 0 unspecified atom stereocenters.